The number of aromatic amines is 1. The van der Waals surface area contributed by atoms with Crippen LogP contribution in [0, 0.1) is 0 Å². The monoisotopic (exact) mass is 344 g/mol. The summed E-state index contributed by atoms with van der Waals surface area (Å²) in [5.74, 6) is -0.127. The lowest BCUT2D eigenvalue weighted by atomic mass is 10.1. The van der Waals surface area contributed by atoms with Crippen molar-refractivity contribution in [3.63, 3.8) is 0 Å². The molecule has 4 heterocycles. The summed E-state index contributed by atoms with van der Waals surface area (Å²) in [5, 5.41) is 17.7. The number of nitrogens with one attached hydrogen (secondary N) is 3. The third-order valence-electron chi connectivity index (χ3n) is 3.95. The Balaban J connectivity index is 1.62. The molecule has 0 radical (unpaired) electrons. The third-order valence-corrected chi connectivity index (χ3v) is 5.83. The number of fused-ring (bicyclic) bond motifs is 1. The Bertz CT molecular complexity index is 758. The largest absolute Gasteiger partial charge is 0.338 e. The van der Waals surface area contributed by atoms with Crippen LogP contribution in [0.1, 0.15) is 37.5 Å². The number of rotatable bonds is 4. The van der Waals surface area contributed by atoms with Crippen molar-refractivity contribution in [1.29, 1.82) is 0 Å². The van der Waals surface area contributed by atoms with Crippen molar-refractivity contribution < 1.29 is 4.79 Å². The number of carbonyl (C=O) groups excluding carboxylic acids is 1. The van der Waals surface area contributed by atoms with E-state index in [1.807, 2.05) is 22.9 Å². The van der Waals surface area contributed by atoms with Crippen molar-refractivity contribution in [3.8, 4) is 0 Å². The van der Waals surface area contributed by atoms with Gasteiger partial charge in [-0.25, -0.2) is 0 Å². The zero-order chi connectivity index (χ0) is 15.6. The molecule has 0 bridgehead atoms. The Morgan fingerprint density at radius 1 is 1.22 bits per heavy atom. The van der Waals surface area contributed by atoms with Gasteiger partial charge >= 0.3 is 0 Å². The van der Waals surface area contributed by atoms with Crippen LogP contribution in [-0.4, -0.2) is 22.6 Å². The highest BCUT2D eigenvalue weighted by Gasteiger charge is 2.25. The number of amides is 1. The quantitative estimate of drug-likeness (QED) is 0.681. The van der Waals surface area contributed by atoms with Gasteiger partial charge in [0.15, 0.2) is 5.69 Å². The highest BCUT2D eigenvalue weighted by molar-refractivity contribution is 7.11. The summed E-state index contributed by atoms with van der Waals surface area (Å²) < 4.78 is 0. The fraction of sp³-hybridized carbons (Fsp3) is 0.250. The standard InChI is InChI=1S/C16H16N4OS2/c21-16(14-10-9-17-6-5-11(10)19-20-14)18-15(12-3-1-7-22-12)13-4-2-8-23-13/h1-4,7-8,15,17H,5-6,9H2,(H,18,21)(H,19,20). The second-order valence-electron chi connectivity index (χ2n) is 5.39. The van der Waals surface area contributed by atoms with Gasteiger partial charge in [0.25, 0.3) is 5.91 Å². The van der Waals surface area contributed by atoms with E-state index in [0.717, 1.165) is 34.0 Å². The molecular formula is C16H16N4OS2. The first-order chi connectivity index (χ1) is 11.3. The molecule has 1 amide bonds. The minimum atomic E-state index is -0.127. The summed E-state index contributed by atoms with van der Waals surface area (Å²) in [6, 6.07) is 8.00. The van der Waals surface area contributed by atoms with Crippen molar-refractivity contribution in [2.75, 3.05) is 6.54 Å². The number of H-pyrrole nitrogens is 1. The number of aromatic nitrogens is 2. The molecule has 5 nitrogen and oxygen atoms in total. The smallest absolute Gasteiger partial charge is 0.272 e. The number of hydrogen-bond acceptors (Lipinski definition) is 5. The van der Waals surface area contributed by atoms with Crippen LogP contribution in [0.2, 0.25) is 0 Å². The van der Waals surface area contributed by atoms with Crippen LogP contribution < -0.4 is 10.6 Å². The molecular weight excluding hydrogens is 328 g/mol. The van der Waals surface area contributed by atoms with Gasteiger partial charge in [-0.05, 0) is 22.9 Å². The molecule has 0 aromatic carbocycles. The molecule has 0 aliphatic carbocycles. The maximum Gasteiger partial charge on any atom is 0.272 e. The molecule has 0 fully saturated rings. The Hall–Kier alpha value is -1.96. The Labute approximate surface area is 141 Å². The molecule has 3 N–H and O–H groups in total. The van der Waals surface area contributed by atoms with Gasteiger partial charge < -0.3 is 10.6 Å². The topological polar surface area (TPSA) is 69.8 Å². The Morgan fingerprint density at radius 2 is 1.96 bits per heavy atom. The van der Waals surface area contributed by atoms with E-state index in [4.69, 9.17) is 0 Å². The molecule has 0 saturated heterocycles. The average molecular weight is 344 g/mol. The first-order valence-corrected chi connectivity index (χ1v) is 9.23. The Morgan fingerprint density at radius 3 is 2.61 bits per heavy atom. The Kier molecular flexibility index (Phi) is 3.99. The molecule has 1 aliphatic heterocycles. The van der Waals surface area contributed by atoms with Crippen LogP contribution in [-0.2, 0) is 13.0 Å². The molecule has 3 aromatic heterocycles. The van der Waals surface area contributed by atoms with Crippen LogP contribution in [0.5, 0.6) is 0 Å². The van der Waals surface area contributed by atoms with Crippen molar-refractivity contribution >= 4 is 28.6 Å². The second kappa shape index (κ2) is 6.27. The molecule has 0 unspecified atom stereocenters. The predicted octanol–water partition coefficient (Wildman–Crippen LogP) is 2.70. The highest BCUT2D eigenvalue weighted by Crippen LogP contribution is 2.29. The maximum atomic E-state index is 12.8. The van der Waals surface area contributed by atoms with Gasteiger partial charge in [0.05, 0.1) is 6.04 Å². The van der Waals surface area contributed by atoms with Crippen LogP contribution in [0.15, 0.2) is 35.0 Å². The van der Waals surface area contributed by atoms with Gasteiger partial charge in [0.1, 0.15) is 0 Å². The van der Waals surface area contributed by atoms with Crippen molar-refractivity contribution in [2.24, 2.45) is 0 Å². The van der Waals surface area contributed by atoms with E-state index in [-0.39, 0.29) is 11.9 Å². The van der Waals surface area contributed by atoms with Crippen LogP contribution in [0.25, 0.3) is 0 Å². The van der Waals surface area contributed by atoms with Crippen LogP contribution in [0.4, 0.5) is 0 Å². The molecule has 0 atom stereocenters. The number of hydrogen-bond donors (Lipinski definition) is 3. The molecule has 3 aromatic rings. The number of thiophene rings is 2. The van der Waals surface area contributed by atoms with Gasteiger partial charge in [-0.3, -0.25) is 9.89 Å². The predicted molar refractivity (Wildman–Crippen MR) is 91.9 cm³/mol. The van der Waals surface area contributed by atoms with Crippen LogP contribution in [0.3, 0.4) is 0 Å². The molecule has 118 valence electrons. The molecule has 23 heavy (non-hydrogen) atoms. The lowest BCUT2D eigenvalue weighted by Gasteiger charge is -2.17. The number of nitrogens with zero attached hydrogens (tertiary/aromatic N) is 1. The van der Waals surface area contributed by atoms with Crippen molar-refractivity contribution in [2.45, 2.75) is 19.0 Å². The van der Waals surface area contributed by atoms with Gasteiger partial charge in [0.2, 0.25) is 0 Å². The normalized spacial score (nSPS) is 14.0. The summed E-state index contributed by atoms with van der Waals surface area (Å²) in [6.07, 6.45) is 0.884. The minimum absolute atomic E-state index is 0.119. The van der Waals surface area contributed by atoms with E-state index in [0.29, 0.717) is 12.2 Å². The zero-order valence-corrected chi connectivity index (χ0v) is 14.0. The lowest BCUT2D eigenvalue weighted by Crippen LogP contribution is -2.31. The molecule has 1 aliphatic rings. The SMILES string of the molecule is O=C(NC(c1cccs1)c1cccs1)c1n[nH]c2c1CNCC2. The first-order valence-electron chi connectivity index (χ1n) is 7.47. The van der Waals surface area contributed by atoms with Crippen molar-refractivity contribution in [3.05, 3.63) is 61.7 Å². The van der Waals surface area contributed by atoms with E-state index in [2.05, 4.69) is 33.0 Å². The minimum Gasteiger partial charge on any atom is -0.338 e. The van der Waals surface area contributed by atoms with E-state index in [1.54, 1.807) is 22.7 Å². The molecule has 7 heteroatoms. The third kappa shape index (κ3) is 2.83. The van der Waals surface area contributed by atoms with Crippen LogP contribution >= 0.6 is 22.7 Å². The number of carbonyl (C=O) groups is 1. The van der Waals surface area contributed by atoms with E-state index in [1.165, 1.54) is 0 Å². The average Bonchev–Trinajstić information content (AvgIpc) is 3.33. The summed E-state index contributed by atoms with van der Waals surface area (Å²) in [4.78, 5) is 15.0. The summed E-state index contributed by atoms with van der Waals surface area (Å²) in [6.45, 7) is 1.61. The summed E-state index contributed by atoms with van der Waals surface area (Å²) in [5.41, 5.74) is 2.56. The molecule has 0 saturated carbocycles. The van der Waals surface area contributed by atoms with Crippen molar-refractivity contribution in [1.82, 2.24) is 20.8 Å². The van der Waals surface area contributed by atoms with E-state index >= 15 is 0 Å². The highest BCUT2D eigenvalue weighted by atomic mass is 32.1. The van der Waals surface area contributed by atoms with Gasteiger partial charge in [-0.1, -0.05) is 12.1 Å². The van der Waals surface area contributed by atoms with E-state index < -0.39 is 0 Å². The van der Waals surface area contributed by atoms with E-state index in [9.17, 15) is 4.79 Å². The second-order valence-corrected chi connectivity index (χ2v) is 7.35. The first kappa shape index (κ1) is 14.6. The fourth-order valence-corrected chi connectivity index (χ4v) is 4.47. The van der Waals surface area contributed by atoms with Gasteiger partial charge in [0, 0.05) is 40.5 Å². The summed E-state index contributed by atoms with van der Waals surface area (Å²) >= 11 is 3.30. The van der Waals surface area contributed by atoms with Gasteiger partial charge in [-0.15, -0.1) is 22.7 Å². The lowest BCUT2D eigenvalue weighted by molar-refractivity contribution is 0.0938. The summed E-state index contributed by atoms with van der Waals surface area (Å²) in [7, 11) is 0. The zero-order valence-electron chi connectivity index (χ0n) is 12.3. The molecule has 4 rings (SSSR count). The maximum absolute atomic E-state index is 12.8. The molecule has 0 spiro atoms. The van der Waals surface area contributed by atoms with Gasteiger partial charge in [-0.2, -0.15) is 5.10 Å². The fourth-order valence-electron chi connectivity index (χ4n) is 2.81.